The van der Waals surface area contributed by atoms with Crippen molar-refractivity contribution < 1.29 is 0 Å². The topological polar surface area (TPSA) is 0 Å². The average Bonchev–Trinajstić information content (AvgIpc) is 3.61. The molecule has 0 amide bonds. The Bertz CT molecular complexity index is 3010. The third-order valence-electron chi connectivity index (χ3n) is 14.5. The lowest BCUT2D eigenvalue weighted by molar-refractivity contribution is -0.00185. The average molecular weight is 763 g/mol. The van der Waals surface area contributed by atoms with Gasteiger partial charge >= 0.3 is 0 Å². The van der Waals surface area contributed by atoms with Crippen LogP contribution < -0.4 is 0 Å². The maximum atomic E-state index is 4.34. The van der Waals surface area contributed by atoms with Gasteiger partial charge in [-0.1, -0.05) is 152 Å². The molecule has 4 aliphatic rings. The Morgan fingerprint density at radius 1 is 0.517 bits per heavy atom. The standard InChI is InChI=1S/C57H46S/c1-3-51-50(27-34(2)53-42-17-7-9-19-44(42)55(37-15-5-4-6-16-37)45-20-10-8-18-43(45)53)41-26-25-38(33-52(41)58-51)56-46-21-11-13-23-48(46)57(49-24-14-12-22-47(49)56)54-39-29-35-28-36(31-39)32-40(54)30-35/h3-27,33,35-36,39-40,54H,1,28-32H2,2H3/b34-27+. The van der Waals surface area contributed by atoms with Crippen molar-refractivity contribution in [2.45, 2.75) is 44.9 Å². The first-order chi connectivity index (χ1) is 28.6. The molecule has 0 atom stereocenters. The summed E-state index contributed by atoms with van der Waals surface area (Å²) >= 11 is 1.87. The second kappa shape index (κ2) is 13.4. The quantitative estimate of drug-likeness (QED) is 0.148. The van der Waals surface area contributed by atoms with Gasteiger partial charge in [0.25, 0.3) is 0 Å². The van der Waals surface area contributed by atoms with Crippen LogP contribution in [0.3, 0.4) is 0 Å². The Kier molecular flexibility index (Phi) is 7.92. The zero-order valence-electron chi connectivity index (χ0n) is 33.0. The van der Waals surface area contributed by atoms with E-state index in [0.717, 1.165) is 23.7 Å². The first-order valence-corrected chi connectivity index (χ1v) is 22.2. The minimum absolute atomic E-state index is 0.674. The SMILES string of the molecule is C=Cc1sc2cc(-c3c4ccccc4c(C4C5CC6CC(C5)CC4C6)c4ccccc34)ccc2c1/C=C(\C)c1c2ccccc2c(-c2ccccc2)c2ccccc12. The summed E-state index contributed by atoms with van der Waals surface area (Å²) in [5, 5.41) is 12.2. The zero-order chi connectivity index (χ0) is 38.5. The summed E-state index contributed by atoms with van der Waals surface area (Å²) in [6.07, 6.45) is 11.7. The number of thiophene rings is 1. The molecule has 9 aromatic rings. The van der Waals surface area contributed by atoms with Crippen molar-refractivity contribution in [3.8, 4) is 22.3 Å². The molecule has 58 heavy (non-hydrogen) atoms. The largest absolute Gasteiger partial charge is 0.135 e. The van der Waals surface area contributed by atoms with Crippen molar-refractivity contribution >= 4 is 82.2 Å². The number of fused-ring (bicyclic) bond motifs is 5. The molecule has 1 heterocycles. The summed E-state index contributed by atoms with van der Waals surface area (Å²) in [4.78, 5) is 1.22. The van der Waals surface area contributed by atoms with Gasteiger partial charge < -0.3 is 0 Å². The van der Waals surface area contributed by atoms with Crippen molar-refractivity contribution in [3.63, 3.8) is 0 Å². The molecule has 0 unspecified atom stereocenters. The fourth-order valence-corrected chi connectivity index (χ4v) is 13.7. The molecular formula is C57H46S. The van der Waals surface area contributed by atoms with E-state index in [1.807, 2.05) is 11.3 Å². The van der Waals surface area contributed by atoms with E-state index in [0.29, 0.717) is 5.92 Å². The predicted molar refractivity (Wildman–Crippen MR) is 253 cm³/mol. The van der Waals surface area contributed by atoms with Crippen LogP contribution in [0.15, 0.2) is 152 Å². The van der Waals surface area contributed by atoms with Crippen LogP contribution in [-0.2, 0) is 0 Å². The van der Waals surface area contributed by atoms with Gasteiger partial charge in [0.1, 0.15) is 0 Å². The van der Waals surface area contributed by atoms with E-state index in [2.05, 4.69) is 171 Å². The van der Waals surface area contributed by atoms with Crippen LogP contribution in [0, 0.1) is 23.7 Å². The predicted octanol–water partition coefficient (Wildman–Crippen LogP) is 16.6. The van der Waals surface area contributed by atoms with E-state index in [4.69, 9.17) is 0 Å². The maximum Gasteiger partial charge on any atom is 0.0361 e. The molecule has 4 fully saturated rings. The number of allylic oxidation sites excluding steroid dienone is 1. The third kappa shape index (κ3) is 5.19. The van der Waals surface area contributed by atoms with E-state index < -0.39 is 0 Å². The first kappa shape index (κ1) is 34.3. The van der Waals surface area contributed by atoms with Gasteiger partial charge in [-0.15, -0.1) is 11.3 Å². The minimum atomic E-state index is 0.674. The fourth-order valence-electron chi connectivity index (χ4n) is 12.6. The third-order valence-corrected chi connectivity index (χ3v) is 15.7. The van der Waals surface area contributed by atoms with Gasteiger partial charge in [0.2, 0.25) is 0 Å². The molecule has 0 N–H and O–H groups in total. The van der Waals surface area contributed by atoms with Crippen molar-refractivity contribution in [3.05, 3.63) is 174 Å². The van der Waals surface area contributed by atoms with Crippen LogP contribution in [0.25, 0.3) is 93.2 Å². The molecule has 0 nitrogen and oxygen atoms in total. The number of rotatable bonds is 6. The van der Waals surface area contributed by atoms with Crippen LogP contribution in [0.1, 0.15) is 66.5 Å². The van der Waals surface area contributed by atoms with Gasteiger partial charge in [-0.3, -0.25) is 0 Å². The van der Waals surface area contributed by atoms with Crippen LogP contribution >= 0.6 is 11.3 Å². The van der Waals surface area contributed by atoms with Gasteiger partial charge in [0.05, 0.1) is 0 Å². The lowest BCUT2D eigenvalue weighted by atomic mass is 9.50. The zero-order valence-corrected chi connectivity index (χ0v) is 33.9. The molecule has 4 bridgehead atoms. The monoisotopic (exact) mass is 762 g/mol. The van der Waals surface area contributed by atoms with Crippen molar-refractivity contribution in [2.75, 3.05) is 0 Å². The Hall–Kier alpha value is -5.76. The highest BCUT2D eigenvalue weighted by Crippen LogP contribution is 2.62. The van der Waals surface area contributed by atoms with Gasteiger partial charge in [-0.05, 0) is 163 Å². The Morgan fingerprint density at radius 3 is 1.55 bits per heavy atom. The van der Waals surface area contributed by atoms with Gasteiger partial charge in [-0.25, -0.2) is 0 Å². The smallest absolute Gasteiger partial charge is 0.0361 e. The molecule has 1 aromatic heterocycles. The van der Waals surface area contributed by atoms with Gasteiger partial charge in [-0.2, -0.15) is 0 Å². The van der Waals surface area contributed by atoms with Crippen molar-refractivity contribution in [1.82, 2.24) is 0 Å². The summed E-state index contributed by atoms with van der Waals surface area (Å²) in [5.41, 5.74) is 10.7. The van der Waals surface area contributed by atoms with E-state index in [9.17, 15) is 0 Å². The van der Waals surface area contributed by atoms with Crippen LogP contribution in [0.5, 0.6) is 0 Å². The molecule has 0 aliphatic heterocycles. The van der Waals surface area contributed by atoms with E-state index in [1.54, 1.807) is 5.56 Å². The van der Waals surface area contributed by atoms with Crippen LogP contribution in [-0.4, -0.2) is 0 Å². The normalized spacial score (nSPS) is 21.5. The highest BCUT2D eigenvalue weighted by Gasteiger charge is 2.49. The molecule has 4 saturated carbocycles. The fraction of sp³-hybridized carbons (Fsp3) is 0.193. The maximum absolute atomic E-state index is 4.34. The molecule has 4 aliphatic carbocycles. The molecular weight excluding hydrogens is 717 g/mol. The Labute approximate surface area is 345 Å². The van der Waals surface area contributed by atoms with Crippen molar-refractivity contribution in [2.24, 2.45) is 23.7 Å². The number of hydrogen-bond donors (Lipinski definition) is 0. The highest BCUT2D eigenvalue weighted by molar-refractivity contribution is 7.20. The van der Waals surface area contributed by atoms with Crippen LogP contribution in [0.4, 0.5) is 0 Å². The number of benzene rings is 8. The minimum Gasteiger partial charge on any atom is -0.135 e. The summed E-state index contributed by atoms with van der Waals surface area (Å²) in [6, 6.07) is 54.8. The highest BCUT2D eigenvalue weighted by atomic mass is 32.1. The molecule has 0 radical (unpaired) electrons. The number of hydrogen-bond acceptors (Lipinski definition) is 1. The molecule has 1 heteroatoms. The van der Waals surface area contributed by atoms with Gasteiger partial charge in [0.15, 0.2) is 0 Å². The van der Waals surface area contributed by atoms with E-state index in [1.165, 1.54) is 129 Å². The molecule has 8 aromatic carbocycles. The summed E-state index contributed by atoms with van der Waals surface area (Å²) < 4.78 is 1.30. The molecule has 13 rings (SSSR count). The summed E-state index contributed by atoms with van der Waals surface area (Å²) in [6.45, 7) is 6.64. The molecule has 280 valence electrons. The Balaban J connectivity index is 1.02. The van der Waals surface area contributed by atoms with Gasteiger partial charge in [0, 0.05) is 20.5 Å². The molecule has 0 spiro atoms. The van der Waals surface area contributed by atoms with E-state index in [-0.39, 0.29) is 0 Å². The summed E-state index contributed by atoms with van der Waals surface area (Å²) in [5.74, 6) is 4.28. The first-order valence-electron chi connectivity index (χ1n) is 21.4. The lowest BCUT2D eigenvalue weighted by Gasteiger charge is -2.55. The molecule has 0 saturated heterocycles. The summed E-state index contributed by atoms with van der Waals surface area (Å²) in [7, 11) is 0. The van der Waals surface area contributed by atoms with Crippen molar-refractivity contribution in [1.29, 1.82) is 0 Å². The van der Waals surface area contributed by atoms with E-state index >= 15 is 0 Å². The van der Waals surface area contributed by atoms with Crippen LogP contribution in [0.2, 0.25) is 0 Å². The second-order valence-corrected chi connectivity index (χ2v) is 18.7. The lowest BCUT2D eigenvalue weighted by Crippen LogP contribution is -2.43. The Morgan fingerprint density at radius 2 is 1.00 bits per heavy atom. The second-order valence-electron chi connectivity index (χ2n) is 17.7.